The van der Waals surface area contributed by atoms with E-state index in [2.05, 4.69) is 199 Å². The van der Waals surface area contributed by atoms with Crippen molar-refractivity contribution in [2.24, 2.45) is 0 Å². The van der Waals surface area contributed by atoms with Crippen LogP contribution in [0.3, 0.4) is 0 Å². The largest absolute Gasteiger partial charge is 0.238 e. The molecular formula is C55H34N4. The van der Waals surface area contributed by atoms with E-state index < -0.39 is 5.41 Å². The molecule has 0 bridgehead atoms. The molecule has 11 rings (SSSR count). The second kappa shape index (κ2) is 13.9. The molecule has 1 heterocycles. The molecule has 0 unspecified atom stereocenters. The summed E-state index contributed by atoms with van der Waals surface area (Å²) in [6, 6.07) is 72.2. The number of hydrogen-bond acceptors (Lipinski definition) is 3. The molecule has 4 heteroatoms. The number of hydrogen-bond donors (Lipinski definition) is 0. The van der Waals surface area contributed by atoms with Crippen LogP contribution >= 0.6 is 0 Å². The Kier molecular flexibility index (Phi) is 8.06. The van der Waals surface area contributed by atoms with Gasteiger partial charge in [-0.2, -0.15) is 0 Å². The van der Waals surface area contributed by atoms with E-state index in [-0.39, 0.29) is 0 Å². The molecule has 0 saturated heterocycles. The molecule has 59 heavy (non-hydrogen) atoms. The van der Waals surface area contributed by atoms with E-state index in [1.165, 1.54) is 27.5 Å². The van der Waals surface area contributed by atoms with Gasteiger partial charge in [-0.1, -0.05) is 182 Å². The van der Waals surface area contributed by atoms with Crippen LogP contribution in [0.1, 0.15) is 22.3 Å². The van der Waals surface area contributed by atoms with Crippen molar-refractivity contribution in [2.75, 3.05) is 0 Å². The number of fused-ring (bicyclic) bond motifs is 5. The molecule has 9 aromatic carbocycles. The Morgan fingerprint density at radius 1 is 0.356 bits per heavy atom. The van der Waals surface area contributed by atoms with Crippen molar-refractivity contribution >= 4 is 27.2 Å². The number of benzene rings is 9. The van der Waals surface area contributed by atoms with Crippen LogP contribution in [0.2, 0.25) is 0 Å². The van der Waals surface area contributed by atoms with Crippen molar-refractivity contribution in [3.05, 3.63) is 240 Å². The lowest BCUT2D eigenvalue weighted by atomic mass is 9.67. The van der Waals surface area contributed by atoms with Gasteiger partial charge in [0.15, 0.2) is 23.2 Å². The summed E-state index contributed by atoms with van der Waals surface area (Å²) in [5.74, 6) is 1.84. The van der Waals surface area contributed by atoms with E-state index in [4.69, 9.17) is 21.5 Å². The zero-order chi connectivity index (χ0) is 39.3. The SMILES string of the molecule is [C-]#[N+]c1cccc2c1-c1cc(-c3cccc(-c4nc(-c5ccc6ccccc6c5)nc(-c5ccc6ccccc6c5)n4)c3)ccc1C2(c1ccccc1)c1ccccc1. The third-order valence-corrected chi connectivity index (χ3v) is 11.8. The standard InChI is InChI=1S/C55H34N4/c1-56-50-25-13-24-49-51(50)47-35-41(30-31-48(47)55(49,45-20-4-2-5-21-45)46-22-6-3-7-23-46)40-18-12-19-42(34-40)52-57-53(43-28-26-36-14-8-10-16-38(36)32-43)59-54(58-52)44-29-27-37-15-9-11-17-39(37)33-44/h2-35H. The molecule has 0 atom stereocenters. The normalized spacial score (nSPS) is 12.5. The van der Waals surface area contributed by atoms with Crippen LogP contribution in [-0.2, 0) is 5.41 Å². The molecule has 0 radical (unpaired) electrons. The van der Waals surface area contributed by atoms with E-state index in [1.54, 1.807) is 0 Å². The van der Waals surface area contributed by atoms with Gasteiger partial charge < -0.3 is 0 Å². The Morgan fingerprint density at radius 3 is 1.41 bits per heavy atom. The molecule has 274 valence electrons. The van der Waals surface area contributed by atoms with Crippen molar-refractivity contribution in [1.82, 2.24) is 15.0 Å². The maximum Gasteiger partial charge on any atom is 0.195 e. The third kappa shape index (κ3) is 5.63. The Bertz CT molecular complexity index is 3150. The summed E-state index contributed by atoms with van der Waals surface area (Å²) in [7, 11) is 0. The Labute approximate surface area is 342 Å². The van der Waals surface area contributed by atoms with Crippen LogP contribution in [0.4, 0.5) is 5.69 Å². The van der Waals surface area contributed by atoms with Gasteiger partial charge in [0.05, 0.1) is 12.0 Å². The van der Waals surface area contributed by atoms with E-state index in [0.29, 0.717) is 23.2 Å². The Hall–Kier alpha value is -8.00. The van der Waals surface area contributed by atoms with Crippen LogP contribution in [0.25, 0.3) is 82.8 Å². The minimum absolute atomic E-state index is 0.586. The van der Waals surface area contributed by atoms with Gasteiger partial charge >= 0.3 is 0 Å². The van der Waals surface area contributed by atoms with Crippen LogP contribution in [0.5, 0.6) is 0 Å². The first-order chi connectivity index (χ1) is 29.2. The van der Waals surface area contributed by atoms with Gasteiger partial charge in [-0.15, -0.1) is 0 Å². The lowest BCUT2D eigenvalue weighted by Crippen LogP contribution is -2.28. The minimum atomic E-state index is -0.586. The second-order valence-corrected chi connectivity index (χ2v) is 15.1. The average molecular weight is 751 g/mol. The van der Waals surface area contributed by atoms with Crippen LogP contribution < -0.4 is 0 Å². The first-order valence-electron chi connectivity index (χ1n) is 19.8. The van der Waals surface area contributed by atoms with Gasteiger partial charge in [0.1, 0.15) is 0 Å². The summed E-state index contributed by atoms with van der Waals surface area (Å²) in [5, 5.41) is 4.59. The highest BCUT2D eigenvalue weighted by Gasteiger charge is 2.46. The average Bonchev–Trinajstić information content (AvgIpc) is 3.62. The van der Waals surface area contributed by atoms with Crippen LogP contribution in [0.15, 0.2) is 206 Å². The minimum Gasteiger partial charge on any atom is -0.238 e. The fraction of sp³-hybridized carbons (Fsp3) is 0.0182. The topological polar surface area (TPSA) is 43.0 Å². The van der Waals surface area contributed by atoms with Gasteiger partial charge in [0.25, 0.3) is 0 Å². The molecule has 0 fully saturated rings. The highest BCUT2D eigenvalue weighted by molar-refractivity contribution is 5.95. The van der Waals surface area contributed by atoms with Gasteiger partial charge in [-0.3, -0.25) is 0 Å². The Balaban J connectivity index is 1.08. The second-order valence-electron chi connectivity index (χ2n) is 15.1. The fourth-order valence-electron chi connectivity index (χ4n) is 9.05. The quantitative estimate of drug-likeness (QED) is 0.159. The van der Waals surface area contributed by atoms with Gasteiger partial charge in [0.2, 0.25) is 0 Å². The first kappa shape index (κ1) is 34.3. The predicted molar refractivity (Wildman–Crippen MR) is 240 cm³/mol. The van der Waals surface area contributed by atoms with Gasteiger partial charge in [-0.25, -0.2) is 19.8 Å². The van der Waals surface area contributed by atoms with Crippen molar-refractivity contribution in [3.63, 3.8) is 0 Å². The molecular weight excluding hydrogens is 717 g/mol. The van der Waals surface area contributed by atoms with Crippen molar-refractivity contribution < 1.29 is 0 Å². The van der Waals surface area contributed by atoms with E-state index >= 15 is 0 Å². The maximum absolute atomic E-state index is 8.28. The molecule has 0 aliphatic heterocycles. The van der Waals surface area contributed by atoms with E-state index in [0.717, 1.165) is 55.3 Å². The maximum atomic E-state index is 8.28. The molecule has 0 amide bonds. The van der Waals surface area contributed by atoms with Gasteiger partial charge in [0, 0.05) is 16.7 Å². The predicted octanol–water partition coefficient (Wildman–Crippen LogP) is 13.8. The lowest BCUT2D eigenvalue weighted by molar-refractivity contribution is 0.769. The molecule has 1 aliphatic carbocycles. The fourth-order valence-corrected chi connectivity index (χ4v) is 9.05. The molecule has 10 aromatic rings. The lowest BCUT2D eigenvalue weighted by Gasteiger charge is -2.34. The smallest absolute Gasteiger partial charge is 0.195 e. The molecule has 0 saturated carbocycles. The summed E-state index contributed by atoms with van der Waals surface area (Å²) < 4.78 is 0. The summed E-state index contributed by atoms with van der Waals surface area (Å²) in [4.78, 5) is 19.5. The van der Waals surface area contributed by atoms with Crippen LogP contribution in [0, 0.1) is 6.57 Å². The number of aromatic nitrogens is 3. The highest BCUT2D eigenvalue weighted by Crippen LogP contribution is 2.59. The zero-order valence-corrected chi connectivity index (χ0v) is 31.9. The summed E-state index contributed by atoms with van der Waals surface area (Å²) >= 11 is 0. The summed E-state index contributed by atoms with van der Waals surface area (Å²) in [6.45, 7) is 8.28. The Morgan fingerprint density at radius 2 is 0.831 bits per heavy atom. The highest BCUT2D eigenvalue weighted by atomic mass is 15.0. The van der Waals surface area contributed by atoms with Crippen molar-refractivity contribution in [2.45, 2.75) is 5.41 Å². The number of nitrogens with zero attached hydrogens (tertiary/aromatic N) is 4. The molecule has 1 aromatic heterocycles. The first-order valence-corrected chi connectivity index (χ1v) is 19.8. The molecule has 1 aliphatic rings. The summed E-state index contributed by atoms with van der Waals surface area (Å²) in [5.41, 5.74) is 11.6. The zero-order valence-electron chi connectivity index (χ0n) is 31.9. The molecule has 0 spiro atoms. The number of rotatable bonds is 6. The molecule has 0 N–H and O–H groups in total. The summed E-state index contributed by atoms with van der Waals surface area (Å²) in [6.07, 6.45) is 0. The monoisotopic (exact) mass is 750 g/mol. The molecule has 4 nitrogen and oxygen atoms in total. The van der Waals surface area contributed by atoms with Crippen molar-refractivity contribution in [1.29, 1.82) is 0 Å². The van der Waals surface area contributed by atoms with Crippen molar-refractivity contribution in [3.8, 4) is 56.4 Å². The van der Waals surface area contributed by atoms with E-state index in [1.807, 2.05) is 12.1 Å². The third-order valence-electron chi connectivity index (χ3n) is 11.8. The van der Waals surface area contributed by atoms with Crippen LogP contribution in [-0.4, -0.2) is 15.0 Å². The van der Waals surface area contributed by atoms with E-state index in [9.17, 15) is 0 Å². The van der Waals surface area contributed by atoms with Gasteiger partial charge in [-0.05, 0) is 90.3 Å².